The van der Waals surface area contributed by atoms with Gasteiger partial charge in [-0.2, -0.15) is 4.31 Å². The van der Waals surface area contributed by atoms with Gasteiger partial charge in [0.2, 0.25) is 10.0 Å². The molecule has 0 aromatic heterocycles. The van der Waals surface area contributed by atoms with E-state index in [1.807, 2.05) is 51.1 Å². The number of amides is 2. The molecule has 0 radical (unpaired) electrons. The maximum absolute atomic E-state index is 13.4. The number of fused-ring (bicyclic) bond motifs is 2. The molecule has 0 bridgehead atoms. The predicted molar refractivity (Wildman–Crippen MR) is 161 cm³/mol. The third-order valence-corrected chi connectivity index (χ3v) is 9.05. The van der Waals surface area contributed by atoms with Crippen LogP contribution in [0.15, 0.2) is 77.7 Å². The number of nitrogens with one attached hydrogen (secondary N) is 1. The lowest BCUT2D eigenvalue weighted by atomic mass is 10.0. The Hall–Kier alpha value is -3.66. The van der Waals surface area contributed by atoms with Crippen molar-refractivity contribution in [1.82, 2.24) is 14.5 Å². The fourth-order valence-electron chi connectivity index (χ4n) is 4.85. The van der Waals surface area contributed by atoms with E-state index in [2.05, 4.69) is 5.32 Å². The lowest BCUT2D eigenvalue weighted by Crippen LogP contribution is -2.50. The van der Waals surface area contributed by atoms with Crippen LogP contribution >= 0.6 is 11.6 Å². The molecule has 41 heavy (non-hydrogen) atoms. The predicted octanol–water partition coefficient (Wildman–Crippen LogP) is 5.82. The van der Waals surface area contributed by atoms with Crippen LogP contribution in [0.4, 0.5) is 4.79 Å². The van der Waals surface area contributed by atoms with Crippen molar-refractivity contribution < 1.29 is 22.7 Å². The minimum atomic E-state index is -3.71. The Balaban J connectivity index is 1.24. The van der Waals surface area contributed by atoms with Crippen molar-refractivity contribution >= 4 is 55.2 Å². The summed E-state index contributed by atoms with van der Waals surface area (Å²) in [7, 11) is -3.71. The summed E-state index contributed by atoms with van der Waals surface area (Å²) in [5.41, 5.74) is 0.826. The zero-order chi connectivity index (χ0) is 29.4. The summed E-state index contributed by atoms with van der Waals surface area (Å²) in [6, 6.07) is 21.7. The van der Waals surface area contributed by atoms with Gasteiger partial charge in [0.05, 0.1) is 4.90 Å². The number of benzene rings is 4. The Labute approximate surface area is 244 Å². The Morgan fingerprint density at radius 3 is 2.22 bits per heavy atom. The van der Waals surface area contributed by atoms with Crippen molar-refractivity contribution in [2.75, 3.05) is 26.2 Å². The summed E-state index contributed by atoms with van der Waals surface area (Å²) in [5, 5.41) is 6.85. The number of hydrogen-bond donors (Lipinski definition) is 1. The van der Waals surface area contributed by atoms with E-state index in [1.165, 1.54) is 4.31 Å². The third kappa shape index (κ3) is 6.64. The number of hydrogen-bond acceptors (Lipinski definition) is 5. The second-order valence-corrected chi connectivity index (χ2v) is 13.5. The van der Waals surface area contributed by atoms with Crippen LogP contribution in [0.5, 0.6) is 0 Å². The molecule has 4 aromatic rings. The van der Waals surface area contributed by atoms with E-state index in [1.54, 1.807) is 47.4 Å². The molecule has 0 spiro atoms. The lowest BCUT2D eigenvalue weighted by molar-refractivity contribution is 0.0523. The third-order valence-electron chi connectivity index (χ3n) is 6.92. The van der Waals surface area contributed by atoms with Gasteiger partial charge in [-0.3, -0.25) is 4.79 Å². The first-order valence-electron chi connectivity index (χ1n) is 13.4. The van der Waals surface area contributed by atoms with Gasteiger partial charge in [0.25, 0.3) is 5.91 Å². The number of sulfonamides is 1. The van der Waals surface area contributed by atoms with Crippen LogP contribution < -0.4 is 5.32 Å². The molecule has 1 fully saturated rings. The summed E-state index contributed by atoms with van der Waals surface area (Å²) < 4.78 is 33.4. The topological polar surface area (TPSA) is 96.0 Å². The summed E-state index contributed by atoms with van der Waals surface area (Å²) in [6.45, 7) is 6.72. The summed E-state index contributed by atoms with van der Waals surface area (Å²) in [5.74, 6) is -0.149. The van der Waals surface area contributed by atoms with Crippen LogP contribution in [-0.2, 0) is 21.3 Å². The molecule has 0 unspecified atom stereocenters. The van der Waals surface area contributed by atoms with E-state index in [0.717, 1.165) is 27.1 Å². The molecular formula is C31H32ClN3O5S. The molecule has 2 amide bonds. The van der Waals surface area contributed by atoms with Crippen molar-refractivity contribution in [2.24, 2.45) is 0 Å². The standard InChI is InChI=1S/C31H32ClN3O5S/c1-31(2,3)40-30(37)33-20-21-4-5-22-6-7-25(17-26(22)16-21)29(36)34-12-14-35(15-13-34)41(38,39)28-11-9-23-18-27(32)10-8-24(23)19-28/h4-11,16-19H,12-15,20H2,1-3H3,(H,33,37). The zero-order valence-corrected chi connectivity index (χ0v) is 24.8. The van der Waals surface area contributed by atoms with Crippen molar-refractivity contribution in [1.29, 1.82) is 0 Å². The highest BCUT2D eigenvalue weighted by molar-refractivity contribution is 7.89. The van der Waals surface area contributed by atoms with E-state index in [-0.39, 0.29) is 23.9 Å². The SMILES string of the molecule is CC(C)(C)OC(=O)NCc1ccc2ccc(C(=O)N3CCN(S(=O)(=O)c4ccc5cc(Cl)ccc5c4)CC3)cc2c1. The van der Waals surface area contributed by atoms with E-state index in [4.69, 9.17) is 16.3 Å². The van der Waals surface area contributed by atoms with Gasteiger partial charge >= 0.3 is 6.09 Å². The maximum Gasteiger partial charge on any atom is 0.407 e. The molecule has 1 N–H and O–H groups in total. The number of alkyl carbamates (subject to hydrolysis) is 1. The van der Waals surface area contributed by atoms with Crippen LogP contribution in [0.3, 0.4) is 0 Å². The van der Waals surface area contributed by atoms with Crippen molar-refractivity contribution in [3.05, 3.63) is 88.9 Å². The quantitative estimate of drug-likeness (QED) is 0.315. The molecule has 0 aliphatic carbocycles. The van der Waals surface area contributed by atoms with Gasteiger partial charge in [-0.25, -0.2) is 13.2 Å². The fraction of sp³-hybridized carbons (Fsp3) is 0.290. The monoisotopic (exact) mass is 593 g/mol. The summed E-state index contributed by atoms with van der Waals surface area (Å²) in [6.07, 6.45) is -0.492. The number of carbonyl (C=O) groups excluding carboxylic acids is 2. The molecule has 214 valence electrons. The van der Waals surface area contributed by atoms with Crippen LogP contribution in [0.2, 0.25) is 5.02 Å². The number of nitrogens with zero attached hydrogens (tertiary/aromatic N) is 2. The fourth-order valence-corrected chi connectivity index (χ4v) is 6.48. The van der Waals surface area contributed by atoms with Crippen LogP contribution in [-0.4, -0.2) is 61.4 Å². The van der Waals surface area contributed by atoms with Gasteiger partial charge < -0.3 is 15.0 Å². The Kier molecular flexibility index (Phi) is 7.96. The largest absolute Gasteiger partial charge is 0.444 e. The molecule has 5 rings (SSSR count). The molecular weight excluding hydrogens is 562 g/mol. The van der Waals surface area contributed by atoms with E-state index >= 15 is 0 Å². The highest BCUT2D eigenvalue weighted by atomic mass is 35.5. The molecule has 0 atom stereocenters. The van der Waals surface area contributed by atoms with Crippen molar-refractivity contribution in [3.63, 3.8) is 0 Å². The normalized spacial score (nSPS) is 14.8. The first-order chi connectivity index (χ1) is 19.4. The van der Waals surface area contributed by atoms with Gasteiger partial charge in [0.15, 0.2) is 0 Å². The molecule has 8 nitrogen and oxygen atoms in total. The molecule has 4 aromatic carbocycles. The van der Waals surface area contributed by atoms with Crippen LogP contribution in [0.25, 0.3) is 21.5 Å². The van der Waals surface area contributed by atoms with E-state index in [0.29, 0.717) is 30.2 Å². The smallest absolute Gasteiger partial charge is 0.407 e. The number of carbonyl (C=O) groups is 2. The number of ether oxygens (including phenoxy) is 1. The average molecular weight is 594 g/mol. The van der Waals surface area contributed by atoms with E-state index in [9.17, 15) is 18.0 Å². The molecule has 1 heterocycles. The molecule has 10 heteroatoms. The highest BCUT2D eigenvalue weighted by Crippen LogP contribution is 2.26. The van der Waals surface area contributed by atoms with Gasteiger partial charge in [0, 0.05) is 43.3 Å². The van der Waals surface area contributed by atoms with Crippen LogP contribution in [0.1, 0.15) is 36.7 Å². The number of rotatable bonds is 5. The maximum atomic E-state index is 13.4. The number of halogens is 1. The van der Waals surface area contributed by atoms with Crippen molar-refractivity contribution in [2.45, 2.75) is 37.8 Å². The van der Waals surface area contributed by atoms with Crippen molar-refractivity contribution in [3.8, 4) is 0 Å². The van der Waals surface area contributed by atoms with Crippen LogP contribution in [0, 0.1) is 0 Å². The Bertz CT molecular complexity index is 1740. The van der Waals surface area contributed by atoms with Gasteiger partial charge in [0.1, 0.15) is 5.60 Å². The second kappa shape index (κ2) is 11.3. The summed E-state index contributed by atoms with van der Waals surface area (Å²) in [4.78, 5) is 27.3. The van der Waals surface area contributed by atoms with Gasteiger partial charge in [-0.05, 0) is 90.3 Å². The Morgan fingerprint density at radius 1 is 0.829 bits per heavy atom. The molecule has 1 saturated heterocycles. The lowest BCUT2D eigenvalue weighted by Gasteiger charge is -2.34. The zero-order valence-electron chi connectivity index (χ0n) is 23.2. The highest BCUT2D eigenvalue weighted by Gasteiger charge is 2.30. The minimum absolute atomic E-state index is 0.149. The molecule has 1 aliphatic heterocycles. The second-order valence-electron chi connectivity index (χ2n) is 11.1. The summed E-state index contributed by atoms with van der Waals surface area (Å²) >= 11 is 6.05. The van der Waals surface area contributed by atoms with Gasteiger partial charge in [-0.1, -0.05) is 41.9 Å². The molecule has 0 saturated carbocycles. The average Bonchev–Trinajstić information content (AvgIpc) is 2.94. The molecule has 1 aliphatic rings. The minimum Gasteiger partial charge on any atom is -0.444 e. The first-order valence-corrected chi connectivity index (χ1v) is 15.2. The number of piperazine rings is 1. The van der Waals surface area contributed by atoms with E-state index < -0.39 is 21.7 Å². The first kappa shape index (κ1) is 28.9. The van der Waals surface area contributed by atoms with Gasteiger partial charge in [-0.15, -0.1) is 0 Å². The Morgan fingerprint density at radius 2 is 1.49 bits per heavy atom.